The zero-order valence-electron chi connectivity index (χ0n) is 15.2. The van der Waals surface area contributed by atoms with E-state index in [9.17, 15) is 27.2 Å². The first-order valence-corrected chi connectivity index (χ1v) is 11.7. The molecule has 8 nitrogen and oxygen atoms in total. The Balaban J connectivity index is 2.33. The summed E-state index contributed by atoms with van der Waals surface area (Å²) in [5.74, 6) is -0.712. The van der Waals surface area contributed by atoms with E-state index in [2.05, 4.69) is 4.79 Å². The number of hydrogen-bond donors (Lipinski definition) is 0. The molecule has 0 aromatic heterocycles. The largest absolute Gasteiger partial charge is 0.499 e. The van der Waals surface area contributed by atoms with Crippen molar-refractivity contribution in [2.45, 2.75) is 56.1 Å². The molecule has 0 bridgehead atoms. The second-order valence-electron chi connectivity index (χ2n) is 6.72. The Hall–Kier alpha value is -2.03. The molecule has 148 valence electrons. The van der Waals surface area contributed by atoms with Gasteiger partial charge < -0.3 is 10.3 Å². The van der Waals surface area contributed by atoms with Crippen LogP contribution in [0.2, 0.25) is 0 Å². The first-order chi connectivity index (χ1) is 12.6. The number of sulfone groups is 2. The lowest BCUT2D eigenvalue weighted by atomic mass is 10.0. The van der Waals surface area contributed by atoms with Gasteiger partial charge in [-0.15, -0.1) is 4.79 Å². The van der Waals surface area contributed by atoms with Crippen LogP contribution in [0, 0.1) is 5.92 Å². The molecule has 10 heteroatoms. The predicted octanol–water partition coefficient (Wildman–Crippen LogP) is 2.36. The van der Waals surface area contributed by atoms with Crippen molar-refractivity contribution >= 4 is 30.0 Å². The highest BCUT2D eigenvalue weighted by Crippen LogP contribution is 2.28. The lowest BCUT2D eigenvalue weighted by molar-refractivity contribution is -0.137. The molecule has 1 aliphatic rings. The molecule has 1 saturated carbocycles. The summed E-state index contributed by atoms with van der Waals surface area (Å²) >= 11 is 0. The number of hydrogen-bond acceptors (Lipinski definition) is 6. The molecule has 2 rings (SSSR count). The quantitative estimate of drug-likeness (QED) is 0.186. The summed E-state index contributed by atoms with van der Waals surface area (Å²) in [5.41, 5.74) is 9.18. The first kappa shape index (κ1) is 21.3. The van der Waals surface area contributed by atoms with Gasteiger partial charge in [0.25, 0.3) is 19.7 Å². The van der Waals surface area contributed by atoms with Crippen LogP contribution in [0.5, 0.6) is 5.75 Å². The van der Waals surface area contributed by atoms with Crippen LogP contribution in [-0.2, 0) is 24.5 Å². The van der Waals surface area contributed by atoms with Crippen molar-refractivity contribution in [3.63, 3.8) is 0 Å². The molecule has 0 saturated heterocycles. The smallest absolute Gasteiger partial charge is 0.426 e. The van der Waals surface area contributed by atoms with Crippen LogP contribution in [0.15, 0.2) is 29.2 Å². The molecule has 0 spiro atoms. The maximum atomic E-state index is 12.7. The van der Waals surface area contributed by atoms with Crippen molar-refractivity contribution < 1.29 is 31.2 Å². The van der Waals surface area contributed by atoms with E-state index < -0.39 is 35.3 Å². The van der Waals surface area contributed by atoms with Crippen molar-refractivity contribution in [2.24, 2.45) is 5.92 Å². The summed E-state index contributed by atoms with van der Waals surface area (Å²) in [6.07, 6.45) is 2.92. The fraction of sp³-hybridized carbons (Fsp3) is 0.529. The fourth-order valence-electron chi connectivity index (χ4n) is 2.80. The van der Waals surface area contributed by atoms with Crippen LogP contribution in [-0.4, -0.2) is 37.2 Å². The molecule has 0 aliphatic heterocycles. The summed E-state index contributed by atoms with van der Waals surface area (Å²) in [5, 5.41) is -0.877. The van der Waals surface area contributed by atoms with Gasteiger partial charge in [0.1, 0.15) is 5.75 Å². The third kappa shape index (κ3) is 4.63. The van der Waals surface area contributed by atoms with Crippen molar-refractivity contribution in [1.82, 2.24) is 0 Å². The van der Waals surface area contributed by atoms with Gasteiger partial charge in [-0.2, -0.15) is 0 Å². The van der Waals surface area contributed by atoms with Gasteiger partial charge in [0.2, 0.25) is 0 Å². The van der Waals surface area contributed by atoms with Crippen molar-refractivity contribution in [3.05, 3.63) is 29.8 Å². The van der Waals surface area contributed by atoms with E-state index in [1.165, 1.54) is 12.1 Å². The van der Waals surface area contributed by atoms with E-state index in [0.717, 1.165) is 18.6 Å². The first-order valence-electron chi connectivity index (χ1n) is 8.63. The standard InChI is InChI=1S/C17H22N2O6S2/c1-12(2)16(20)25-13-8-10-15(11-9-13)27(23,24)17(19-18)26(21,22)14-6-4-3-5-7-14/h8-12,14H,3-7H2,1-2H3. The molecule has 1 aromatic rings. The van der Waals surface area contributed by atoms with Crippen LogP contribution in [0.3, 0.4) is 0 Å². The molecule has 1 aromatic carbocycles. The average Bonchev–Trinajstić information content (AvgIpc) is 2.63. The Kier molecular flexibility index (Phi) is 6.56. The molecule has 0 N–H and O–H groups in total. The number of esters is 1. The Labute approximate surface area is 159 Å². The zero-order chi connectivity index (χ0) is 20.2. The molecule has 27 heavy (non-hydrogen) atoms. The van der Waals surface area contributed by atoms with Gasteiger partial charge in [-0.1, -0.05) is 33.1 Å². The summed E-state index contributed by atoms with van der Waals surface area (Å²) in [7, 11) is -8.84. The summed E-state index contributed by atoms with van der Waals surface area (Å²) in [6.45, 7) is 3.31. The third-order valence-electron chi connectivity index (χ3n) is 4.37. The number of carbonyl (C=O) groups is 1. The SMILES string of the molecule is CC(C)C(=O)Oc1ccc(S(=O)(=O)C(=[N+]=[N-])S(=O)(=O)C2CCCCC2)cc1. The van der Waals surface area contributed by atoms with Crippen LogP contribution in [0.25, 0.3) is 5.53 Å². The van der Waals surface area contributed by atoms with Crippen molar-refractivity contribution in [2.75, 3.05) is 0 Å². The normalized spacial score (nSPS) is 16.0. The van der Waals surface area contributed by atoms with Crippen LogP contribution in [0.1, 0.15) is 46.0 Å². The van der Waals surface area contributed by atoms with Gasteiger partial charge in [0.15, 0.2) is 0 Å². The average molecular weight is 415 g/mol. The third-order valence-corrected chi connectivity index (χ3v) is 9.08. The topological polar surface area (TPSA) is 131 Å². The minimum atomic E-state index is -4.55. The highest BCUT2D eigenvalue weighted by molar-refractivity contribution is 8.31. The predicted molar refractivity (Wildman–Crippen MR) is 98.5 cm³/mol. The number of nitrogens with zero attached hydrogens (tertiary/aromatic N) is 2. The fourth-order valence-corrected chi connectivity index (χ4v) is 6.88. The van der Waals surface area contributed by atoms with E-state index in [4.69, 9.17) is 4.74 Å². The Morgan fingerprint density at radius 1 is 1.07 bits per heavy atom. The van der Waals surface area contributed by atoms with Gasteiger partial charge in [0.05, 0.1) is 16.1 Å². The molecule has 0 unspecified atom stereocenters. The number of rotatable bonds is 4. The summed E-state index contributed by atoms with van der Waals surface area (Å²) in [4.78, 5) is 13.9. The van der Waals surface area contributed by atoms with Crippen LogP contribution in [0.4, 0.5) is 0 Å². The lowest BCUT2D eigenvalue weighted by Gasteiger charge is -2.19. The van der Waals surface area contributed by atoms with Crippen LogP contribution >= 0.6 is 0 Å². The lowest BCUT2D eigenvalue weighted by Crippen LogP contribution is -2.35. The van der Waals surface area contributed by atoms with E-state index in [1.807, 2.05) is 0 Å². The molecule has 0 atom stereocenters. The van der Waals surface area contributed by atoms with Crippen molar-refractivity contribution in [1.29, 1.82) is 0 Å². The molecule has 1 aliphatic carbocycles. The van der Waals surface area contributed by atoms with E-state index in [0.29, 0.717) is 25.7 Å². The highest BCUT2D eigenvalue weighted by atomic mass is 32.3. The maximum absolute atomic E-state index is 12.7. The number of carbonyl (C=O) groups excluding carboxylic acids is 1. The monoisotopic (exact) mass is 414 g/mol. The van der Waals surface area contributed by atoms with Gasteiger partial charge in [-0.3, -0.25) is 4.79 Å². The number of benzene rings is 1. The van der Waals surface area contributed by atoms with Gasteiger partial charge >= 0.3 is 10.3 Å². The van der Waals surface area contributed by atoms with E-state index >= 15 is 0 Å². The van der Waals surface area contributed by atoms with E-state index in [-0.39, 0.29) is 16.6 Å². The second-order valence-corrected chi connectivity index (χ2v) is 11.0. The minimum Gasteiger partial charge on any atom is -0.426 e. The Morgan fingerprint density at radius 2 is 1.63 bits per heavy atom. The molecule has 0 radical (unpaired) electrons. The summed E-state index contributed by atoms with van der Waals surface area (Å²) < 4.78 is 54.6. The second kappa shape index (κ2) is 8.33. The van der Waals surface area contributed by atoms with Crippen molar-refractivity contribution in [3.8, 4) is 5.75 Å². The molecular weight excluding hydrogens is 392 g/mol. The summed E-state index contributed by atoms with van der Waals surface area (Å²) in [6, 6.07) is 4.71. The minimum absolute atomic E-state index is 0.130. The Morgan fingerprint density at radius 3 is 2.11 bits per heavy atom. The Bertz CT molecular complexity index is 953. The molecule has 0 heterocycles. The maximum Gasteiger partial charge on any atom is 0.499 e. The highest BCUT2D eigenvalue weighted by Gasteiger charge is 2.47. The molecule has 0 amide bonds. The van der Waals surface area contributed by atoms with Crippen LogP contribution < -0.4 is 4.74 Å². The number of ether oxygens (including phenoxy) is 1. The molecule has 1 fully saturated rings. The zero-order valence-corrected chi connectivity index (χ0v) is 16.8. The molecular formula is C17H22N2O6S2. The van der Waals surface area contributed by atoms with Gasteiger partial charge in [-0.25, -0.2) is 16.8 Å². The van der Waals surface area contributed by atoms with E-state index in [1.54, 1.807) is 13.8 Å². The van der Waals surface area contributed by atoms with Gasteiger partial charge in [-0.05, 0) is 37.1 Å². The van der Waals surface area contributed by atoms with Gasteiger partial charge in [0, 0.05) is 0 Å².